The van der Waals surface area contributed by atoms with Crippen LogP contribution >= 0.6 is 46.1 Å². The third-order valence-electron chi connectivity index (χ3n) is 3.60. The van der Waals surface area contributed by atoms with Crippen LogP contribution in [0.15, 0.2) is 47.3 Å². The second-order valence-corrected chi connectivity index (χ2v) is 7.47. The molecule has 2 heterocycles. The van der Waals surface area contributed by atoms with Gasteiger partial charge in [-0.05, 0) is 35.9 Å². The maximum absolute atomic E-state index is 12.8. The maximum Gasteiger partial charge on any atom is 0.276 e. The molecule has 124 valence electrons. The van der Waals surface area contributed by atoms with Crippen molar-refractivity contribution in [2.75, 3.05) is 0 Å². The monoisotopic (exact) mass is 407 g/mol. The van der Waals surface area contributed by atoms with Crippen LogP contribution < -0.4 is 10.1 Å². The van der Waals surface area contributed by atoms with Crippen LogP contribution in [0.25, 0.3) is 22.4 Å². The van der Waals surface area contributed by atoms with Gasteiger partial charge in [-0.1, -0.05) is 64.3 Å². The van der Waals surface area contributed by atoms with Gasteiger partial charge in [-0.3, -0.25) is 4.79 Å². The number of rotatable bonds is 2. The van der Waals surface area contributed by atoms with Crippen LogP contribution in [0.5, 0.6) is 0 Å². The molecule has 0 aliphatic heterocycles. The molecule has 0 aliphatic carbocycles. The zero-order chi connectivity index (χ0) is 17.6. The highest BCUT2D eigenvalue weighted by Gasteiger charge is 2.18. The largest absolute Gasteiger partial charge is 0.276 e. The van der Waals surface area contributed by atoms with Crippen molar-refractivity contribution in [2.24, 2.45) is 0 Å². The number of fused-ring (bicyclic) bond motifs is 1. The normalized spacial score (nSPS) is 12.2. The molecule has 4 rings (SSSR count). The summed E-state index contributed by atoms with van der Waals surface area (Å²) in [4.78, 5) is 13.3. The molecule has 0 bridgehead atoms. The first-order chi connectivity index (χ1) is 12.0. The summed E-state index contributed by atoms with van der Waals surface area (Å²) in [5.41, 5.74) is 1.15. The Balaban J connectivity index is 1.95. The van der Waals surface area contributed by atoms with E-state index in [2.05, 4.69) is 10.2 Å². The van der Waals surface area contributed by atoms with Crippen LogP contribution in [0.1, 0.15) is 5.56 Å². The van der Waals surface area contributed by atoms with Gasteiger partial charge in [-0.15, -0.1) is 10.2 Å². The second kappa shape index (κ2) is 6.42. The topological polar surface area (TPSA) is 47.3 Å². The molecule has 25 heavy (non-hydrogen) atoms. The number of hydrogen-bond donors (Lipinski definition) is 0. The van der Waals surface area contributed by atoms with Gasteiger partial charge in [0.15, 0.2) is 5.82 Å². The predicted molar refractivity (Wildman–Crippen MR) is 103 cm³/mol. The molecule has 0 fully saturated rings. The molecule has 0 radical (unpaired) electrons. The molecule has 0 unspecified atom stereocenters. The van der Waals surface area contributed by atoms with Crippen LogP contribution in [0.4, 0.5) is 0 Å². The molecule has 2 aromatic carbocycles. The number of hydrogen-bond acceptors (Lipinski definition) is 4. The number of benzene rings is 2. The highest BCUT2D eigenvalue weighted by molar-refractivity contribution is 7.15. The Labute approximate surface area is 160 Å². The lowest BCUT2D eigenvalue weighted by atomic mass is 10.2. The van der Waals surface area contributed by atoms with Gasteiger partial charge < -0.3 is 0 Å². The molecule has 0 atom stereocenters. The lowest BCUT2D eigenvalue weighted by molar-refractivity contribution is 1.09. The van der Waals surface area contributed by atoms with E-state index in [1.54, 1.807) is 36.4 Å². The molecule has 0 amide bonds. The average molecular weight is 409 g/mol. The molecule has 0 spiro atoms. The van der Waals surface area contributed by atoms with Crippen molar-refractivity contribution >= 4 is 57.2 Å². The quantitative estimate of drug-likeness (QED) is 0.496. The summed E-state index contributed by atoms with van der Waals surface area (Å²) < 4.78 is 1.97. The Morgan fingerprint density at radius 3 is 2.32 bits per heavy atom. The fourth-order valence-corrected chi connectivity index (χ4v) is 4.05. The van der Waals surface area contributed by atoms with Crippen LogP contribution in [0.3, 0.4) is 0 Å². The molecule has 8 heteroatoms. The van der Waals surface area contributed by atoms with Crippen LogP contribution in [0, 0.1) is 0 Å². The van der Waals surface area contributed by atoms with Crippen molar-refractivity contribution in [3.8, 4) is 11.4 Å². The Bertz CT molecular complexity index is 1180. The van der Waals surface area contributed by atoms with E-state index in [1.807, 2.05) is 12.1 Å². The number of nitrogens with zero attached hydrogens (tertiary/aromatic N) is 3. The molecule has 2 aromatic heterocycles. The molecular weight excluding hydrogens is 401 g/mol. The standard InChI is InChI=1S/C17H8Cl3N3OS/c18-10-6-4-9(5-7-10)8-13-16(24)23-15(21-22-17(23)25-13)14-11(19)2-1-3-12(14)20/h1-8H/b13-8-. The maximum atomic E-state index is 12.8. The van der Waals surface area contributed by atoms with E-state index in [9.17, 15) is 4.79 Å². The summed E-state index contributed by atoms with van der Waals surface area (Å²) in [5, 5.41) is 9.64. The lowest BCUT2D eigenvalue weighted by Crippen LogP contribution is -2.23. The zero-order valence-electron chi connectivity index (χ0n) is 12.4. The first-order valence-corrected chi connectivity index (χ1v) is 9.09. The van der Waals surface area contributed by atoms with Gasteiger partial charge in [-0.2, -0.15) is 0 Å². The third kappa shape index (κ3) is 2.93. The highest BCUT2D eigenvalue weighted by Crippen LogP contribution is 2.33. The van der Waals surface area contributed by atoms with Gasteiger partial charge in [0.05, 0.1) is 20.1 Å². The summed E-state index contributed by atoms with van der Waals surface area (Å²) in [6.45, 7) is 0. The van der Waals surface area contributed by atoms with Crippen molar-refractivity contribution in [1.82, 2.24) is 14.6 Å². The minimum absolute atomic E-state index is 0.217. The fourth-order valence-electron chi connectivity index (χ4n) is 2.45. The molecular formula is C17H8Cl3N3OS. The van der Waals surface area contributed by atoms with Gasteiger partial charge >= 0.3 is 0 Å². The molecule has 0 saturated carbocycles. The van der Waals surface area contributed by atoms with Crippen molar-refractivity contribution in [3.05, 3.63) is 78.0 Å². The van der Waals surface area contributed by atoms with E-state index in [0.717, 1.165) is 5.56 Å². The third-order valence-corrected chi connectivity index (χ3v) is 5.44. The lowest BCUT2D eigenvalue weighted by Gasteiger charge is -2.03. The molecule has 0 saturated heterocycles. The Morgan fingerprint density at radius 1 is 0.960 bits per heavy atom. The fraction of sp³-hybridized carbons (Fsp3) is 0. The first kappa shape index (κ1) is 16.5. The SMILES string of the molecule is O=c1/c(=C/c2ccc(Cl)cc2)sc2nnc(-c3c(Cl)cccc3Cl)n12. The van der Waals surface area contributed by atoms with E-state index < -0.39 is 0 Å². The number of thiazole rings is 1. The van der Waals surface area contributed by atoms with Gasteiger partial charge in [0.25, 0.3) is 5.56 Å². The van der Waals surface area contributed by atoms with E-state index in [4.69, 9.17) is 34.8 Å². The van der Waals surface area contributed by atoms with Crippen molar-refractivity contribution < 1.29 is 0 Å². The van der Waals surface area contributed by atoms with Gasteiger partial charge in [-0.25, -0.2) is 4.40 Å². The van der Waals surface area contributed by atoms with E-state index in [-0.39, 0.29) is 5.56 Å². The molecule has 0 N–H and O–H groups in total. The van der Waals surface area contributed by atoms with Crippen LogP contribution in [0.2, 0.25) is 15.1 Å². The first-order valence-electron chi connectivity index (χ1n) is 7.14. The summed E-state index contributed by atoms with van der Waals surface area (Å²) in [7, 11) is 0. The Morgan fingerprint density at radius 2 is 1.64 bits per heavy atom. The predicted octanol–water partition coefficient (Wildman–Crippen LogP) is 4.33. The summed E-state index contributed by atoms with van der Waals surface area (Å²) in [6.07, 6.45) is 1.79. The minimum atomic E-state index is -0.217. The van der Waals surface area contributed by atoms with E-state index in [0.29, 0.717) is 35.9 Å². The second-order valence-electron chi connectivity index (χ2n) is 5.21. The van der Waals surface area contributed by atoms with Crippen molar-refractivity contribution in [3.63, 3.8) is 0 Å². The van der Waals surface area contributed by atoms with Crippen molar-refractivity contribution in [2.45, 2.75) is 0 Å². The minimum Gasteiger partial charge on any atom is -0.267 e. The van der Waals surface area contributed by atoms with E-state index >= 15 is 0 Å². The smallest absolute Gasteiger partial charge is 0.267 e. The highest BCUT2D eigenvalue weighted by atomic mass is 35.5. The number of halogens is 3. The van der Waals surface area contributed by atoms with Gasteiger partial charge in [0.1, 0.15) is 0 Å². The molecule has 4 nitrogen and oxygen atoms in total. The van der Waals surface area contributed by atoms with E-state index in [1.165, 1.54) is 15.7 Å². The Kier molecular flexibility index (Phi) is 4.25. The van der Waals surface area contributed by atoms with Gasteiger partial charge in [0.2, 0.25) is 4.96 Å². The van der Waals surface area contributed by atoms with Gasteiger partial charge in [0, 0.05) is 5.02 Å². The van der Waals surface area contributed by atoms with Crippen LogP contribution in [-0.2, 0) is 0 Å². The molecule has 0 aliphatic rings. The van der Waals surface area contributed by atoms with Crippen molar-refractivity contribution in [1.29, 1.82) is 0 Å². The molecule has 4 aromatic rings. The Hall–Kier alpha value is -1.92. The summed E-state index contributed by atoms with van der Waals surface area (Å²) in [5.74, 6) is 0.336. The van der Waals surface area contributed by atoms with Crippen LogP contribution in [-0.4, -0.2) is 14.6 Å². The summed E-state index contributed by atoms with van der Waals surface area (Å²) >= 11 is 19.6. The zero-order valence-corrected chi connectivity index (χ0v) is 15.5. The number of aromatic nitrogens is 3. The average Bonchev–Trinajstić information content (AvgIpc) is 3.11. The summed E-state index contributed by atoms with van der Waals surface area (Å²) in [6, 6.07) is 12.4.